The lowest BCUT2D eigenvalue weighted by molar-refractivity contribution is -0.132. The maximum Gasteiger partial charge on any atom is 0.254 e. The van der Waals surface area contributed by atoms with E-state index in [1.54, 1.807) is 13.8 Å². The third-order valence-corrected chi connectivity index (χ3v) is 5.78. The lowest BCUT2D eigenvalue weighted by Crippen LogP contribution is -2.46. The van der Waals surface area contributed by atoms with Crippen molar-refractivity contribution in [2.75, 3.05) is 0 Å². The van der Waals surface area contributed by atoms with E-state index in [1.165, 1.54) is 19.3 Å². The molecule has 0 unspecified atom stereocenters. The quantitative estimate of drug-likeness (QED) is 0.802. The van der Waals surface area contributed by atoms with E-state index in [0.717, 1.165) is 29.7 Å². The Morgan fingerprint density at radius 2 is 1.85 bits per heavy atom. The maximum atomic E-state index is 13.4. The molecule has 4 nitrogen and oxygen atoms in total. The summed E-state index contributed by atoms with van der Waals surface area (Å²) < 4.78 is 5.90. The van der Waals surface area contributed by atoms with Gasteiger partial charge in [-0.1, -0.05) is 19.3 Å². The van der Waals surface area contributed by atoms with Crippen LogP contribution in [0.3, 0.4) is 0 Å². The zero-order valence-corrected chi connectivity index (χ0v) is 16.7. The first-order valence-corrected chi connectivity index (χ1v) is 9.89. The number of rotatable bonds is 3. The molecule has 1 amide bonds. The second kappa shape index (κ2) is 7.05. The highest BCUT2D eigenvalue weighted by Crippen LogP contribution is 2.34. The number of carbonyl (C=O) groups excluding carboxylic acids is 2. The molecule has 1 aliphatic carbocycles. The van der Waals surface area contributed by atoms with Crippen molar-refractivity contribution >= 4 is 11.7 Å². The van der Waals surface area contributed by atoms with Crippen molar-refractivity contribution in [1.29, 1.82) is 0 Å². The average molecular weight is 357 g/mol. The molecule has 3 rings (SSSR count). The van der Waals surface area contributed by atoms with Gasteiger partial charge >= 0.3 is 0 Å². The van der Waals surface area contributed by atoms with Crippen LogP contribution in [0.4, 0.5) is 0 Å². The molecule has 1 aromatic carbocycles. The first kappa shape index (κ1) is 18.9. The van der Waals surface area contributed by atoms with Gasteiger partial charge in [0.15, 0.2) is 11.4 Å². The van der Waals surface area contributed by atoms with Gasteiger partial charge in [0.1, 0.15) is 5.75 Å². The molecule has 1 saturated carbocycles. The van der Waals surface area contributed by atoms with Crippen molar-refractivity contribution in [2.24, 2.45) is 0 Å². The average Bonchev–Trinajstić information content (AvgIpc) is 2.56. The van der Waals surface area contributed by atoms with Gasteiger partial charge in [-0.25, -0.2) is 0 Å². The van der Waals surface area contributed by atoms with E-state index in [-0.39, 0.29) is 17.7 Å². The van der Waals surface area contributed by atoms with Crippen LogP contribution in [0.1, 0.15) is 81.3 Å². The minimum atomic E-state index is -0.795. The molecule has 4 heteroatoms. The molecule has 0 saturated heterocycles. The van der Waals surface area contributed by atoms with E-state index in [0.29, 0.717) is 18.0 Å². The van der Waals surface area contributed by atoms with Gasteiger partial charge in [-0.3, -0.25) is 9.59 Å². The van der Waals surface area contributed by atoms with Crippen molar-refractivity contribution < 1.29 is 14.3 Å². The summed E-state index contributed by atoms with van der Waals surface area (Å²) in [5.41, 5.74) is 1.66. The van der Waals surface area contributed by atoms with Crippen molar-refractivity contribution in [2.45, 2.75) is 90.8 Å². The highest BCUT2D eigenvalue weighted by Gasteiger charge is 2.36. The first-order valence-electron chi connectivity index (χ1n) is 9.89. The molecule has 0 spiro atoms. The van der Waals surface area contributed by atoms with Gasteiger partial charge < -0.3 is 9.64 Å². The minimum Gasteiger partial charge on any atom is -0.480 e. The zero-order valence-electron chi connectivity index (χ0n) is 16.7. The summed E-state index contributed by atoms with van der Waals surface area (Å²) >= 11 is 0. The van der Waals surface area contributed by atoms with Gasteiger partial charge in [-0.15, -0.1) is 0 Å². The lowest BCUT2D eigenvalue weighted by Gasteiger charge is -2.38. The Kier molecular flexibility index (Phi) is 5.14. The van der Waals surface area contributed by atoms with Crippen LogP contribution in [0.25, 0.3) is 0 Å². The summed E-state index contributed by atoms with van der Waals surface area (Å²) in [5.74, 6) is 0.877. The van der Waals surface area contributed by atoms with E-state index in [2.05, 4.69) is 18.7 Å². The fraction of sp³-hybridized carbons (Fsp3) is 0.636. The second-order valence-corrected chi connectivity index (χ2v) is 8.59. The van der Waals surface area contributed by atoms with Crippen LogP contribution in [0, 0.1) is 6.92 Å². The van der Waals surface area contributed by atoms with Gasteiger partial charge in [-0.05, 0) is 65.2 Å². The van der Waals surface area contributed by atoms with Gasteiger partial charge in [0.05, 0.1) is 0 Å². The smallest absolute Gasteiger partial charge is 0.254 e. The molecule has 0 N–H and O–H groups in total. The number of hydrogen-bond acceptors (Lipinski definition) is 3. The molecule has 1 aliphatic heterocycles. The molecule has 0 radical (unpaired) electrons. The number of hydrogen-bond donors (Lipinski definition) is 0. The van der Waals surface area contributed by atoms with Crippen LogP contribution in [0.5, 0.6) is 5.75 Å². The van der Waals surface area contributed by atoms with Crippen molar-refractivity contribution in [3.63, 3.8) is 0 Å². The maximum absolute atomic E-state index is 13.4. The molecule has 142 valence electrons. The van der Waals surface area contributed by atoms with E-state index in [9.17, 15) is 9.59 Å². The molecule has 26 heavy (non-hydrogen) atoms. The highest BCUT2D eigenvalue weighted by molar-refractivity contribution is 5.98. The molecule has 1 fully saturated rings. The third-order valence-electron chi connectivity index (χ3n) is 5.78. The summed E-state index contributed by atoms with van der Waals surface area (Å²) in [4.78, 5) is 27.8. The Balaban J connectivity index is 1.94. The predicted octanol–water partition coefficient (Wildman–Crippen LogP) is 4.46. The van der Waals surface area contributed by atoms with E-state index < -0.39 is 5.60 Å². The molecular formula is C22H31NO3. The molecule has 0 aromatic heterocycles. The van der Waals surface area contributed by atoms with Crippen LogP contribution >= 0.6 is 0 Å². The lowest BCUT2D eigenvalue weighted by atomic mass is 9.89. The number of fused-ring (bicyclic) bond motifs is 1. The summed E-state index contributed by atoms with van der Waals surface area (Å²) in [7, 11) is 0. The van der Waals surface area contributed by atoms with Crippen molar-refractivity contribution in [3.8, 4) is 5.75 Å². The molecule has 1 aromatic rings. The molecule has 1 heterocycles. The summed E-state index contributed by atoms with van der Waals surface area (Å²) in [6, 6.07) is 4.30. The number of carbonyl (C=O) groups is 2. The van der Waals surface area contributed by atoms with Gasteiger partial charge in [0, 0.05) is 29.6 Å². The standard InChI is InChI=1S/C22H31NO3/c1-14(2)23(17-9-7-6-8-10-17)21(25)18-12-16-13-20(24)22(4,5)26-19(16)11-15(18)3/h11-12,14,17H,6-10,13H2,1-5H3. The Morgan fingerprint density at radius 1 is 1.19 bits per heavy atom. The fourth-order valence-electron chi connectivity index (χ4n) is 4.23. The number of ether oxygens (including phenoxy) is 1. The second-order valence-electron chi connectivity index (χ2n) is 8.59. The number of ketones is 1. The monoisotopic (exact) mass is 357 g/mol. The molecule has 2 aliphatic rings. The summed E-state index contributed by atoms with van der Waals surface area (Å²) in [6.45, 7) is 9.75. The van der Waals surface area contributed by atoms with Gasteiger partial charge in [0.2, 0.25) is 0 Å². The van der Waals surface area contributed by atoms with Crippen molar-refractivity contribution in [1.82, 2.24) is 4.90 Å². The third kappa shape index (κ3) is 3.51. The normalized spacial score (nSPS) is 19.8. The molecule has 0 bridgehead atoms. The predicted molar refractivity (Wildman–Crippen MR) is 103 cm³/mol. The fourth-order valence-corrected chi connectivity index (χ4v) is 4.23. The minimum absolute atomic E-state index is 0.0558. The highest BCUT2D eigenvalue weighted by atomic mass is 16.5. The van der Waals surface area contributed by atoms with Crippen LogP contribution in [-0.2, 0) is 11.2 Å². The number of nitrogens with zero attached hydrogens (tertiary/aromatic N) is 1. The molecular weight excluding hydrogens is 326 g/mol. The Bertz CT molecular complexity index is 714. The summed E-state index contributed by atoms with van der Waals surface area (Å²) in [5, 5.41) is 0. The van der Waals surface area contributed by atoms with Crippen LogP contribution < -0.4 is 4.74 Å². The van der Waals surface area contributed by atoms with Crippen LogP contribution in [0.15, 0.2) is 12.1 Å². The van der Waals surface area contributed by atoms with E-state index >= 15 is 0 Å². The number of aryl methyl sites for hydroxylation is 1. The zero-order chi connectivity index (χ0) is 19.1. The van der Waals surface area contributed by atoms with E-state index in [1.807, 2.05) is 19.1 Å². The van der Waals surface area contributed by atoms with Crippen LogP contribution in [0.2, 0.25) is 0 Å². The number of amides is 1. The Labute approximate surface area is 156 Å². The topological polar surface area (TPSA) is 46.6 Å². The van der Waals surface area contributed by atoms with Crippen molar-refractivity contribution in [3.05, 3.63) is 28.8 Å². The number of benzene rings is 1. The summed E-state index contributed by atoms with van der Waals surface area (Å²) in [6.07, 6.45) is 6.16. The Morgan fingerprint density at radius 3 is 2.46 bits per heavy atom. The largest absolute Gasteiger partial charge is 0.480 e. The van der Waals surface area contributed by atoms with Gasteiger partial charge in [0.25, 0.3) is 5.91 Å². The van der Waals surface area contributed by atoms with Gasteiger partial charge in [-0.2, -0.15) is 0 Å². The van der Waals surface area contributed by atoms with Crippen LogP contribution in [-0.4, -0.2) is 34.3 Å². The first-order chi connectivity index (χ1) is 12.2. The number of Topliss-reactive ketones (excluding diaryl/α,β-unsaturated/α-hetero) is 1. The Hall–Kier alpha value is -1.84. The molecule has 0 atom stereocenters. The van der Waals surface area contributed by atoms with E-state index in [4.69, 9.17) is 4.74 Å². The SMILES string of the molecule is Cc1cc2c(cc1C(=O)N(C(C)C)C1CCCCC1)CC(=O)C(C)(C)O2.